The second-order valence-electron chi connectivity index (χ2n) is 5.93. The molecule has 25 heavy (non-hydrogen) atoms. The van der Waals surface area contributed by atoms with Gasteiger partial charge in [0.25, 0.3) is 0 Å². The maximum atomic E-state index is 13.1. The average Bonchev–Trinajstić information content (AvgIpc) is 3.31. The van der Waals surface area contributed by atoms with Crippen molar-refractivity contribution in [2.75, 3.05) is 0 Å². The number of carbonyl (C=O) groups is 1. The van der Waals surface area contributed by atoms with Gasteiger partial charge in [-0.3, -0.25) is 4.79 Å². The number of nitrogens with zero attached hydrogens (tertiary/aromatic N) is 3. The number of primary amides is 1. The molecular formula is C16H17F3N4OS. The van der Waals surface area contributed by atoms with Crippen molar-refractivity contribution in [2.45, 2.75) is 48.8 Å². The molecule has 0 aliphatic heterocycles. The second kappa shape index (κ2) is 7.07. The van der Waals surface area contributed by atoms with E-state index >= 15 is 0 Å². The van der Waals surface area contributed by atoms with Crippen LogP contribution in [0.5, 0.6) is 0 Å². The molecule has 2 aromatic rings. The van der Waals surface area contributed by atoms with Crippen molar-refractivity contribution >= 4 is 17.7 Å². The van der Waals surface area contributed by atoms with Crippen molar-refractivity contribution < 1.29 is 18.0 Å². The first-order chi connectivity index (χ1) is 11.9. The van der Waals surface area contributed by atoms with Crippen LogP contribution in [0.2, 0.25) is 0 Å². The first-order valence-corrected chi connectivity index (χ1v) is 8.84. The minimum atomic E-state index is -4.39. The van der Waals surface area contributed by atoms with Gasteiger partial charge in [-0.2, -0.15) is 13.2 Å². The summed E-state index contributed by atoms with van der Waals surface area (Å²) in [6, 6.07) is 5.49. The fraction of sp³-hybridized carbons (Fsp3) is 0.438. The number of nitrogens with two attached hydrogens (primary N) is 1. The molecule has 0 atom stereocenters. The van der Waals surface area contributed by atoms with Crippen LogP contribution < -0.4 is 5.73 Å². The van der Waals surface area contributed by atoms with Gasteiger partial charge in [-0.1, -0.05) is 30.0 Å². The Bertz CT molecular complexity index is 771. The number of alkyl halides is 3. The largest absolute Gasteiger partial charge is 0.416 e. The molecule has 0 bridgehead atoms. The minimum Gasteiger partial charge on any atom is -0.370 e. The summed E-state index contributed by atoms with van der Waals surface area (Å²) >= 11 is 1.19. The van der Waals surface area contributed by atoms with E-state index in [0.717, 1.165) is 24.7 Å². The highest BCUT2D eigenvalue weighted by Crippen LogP contribution is 2.40. The molecule has 1 aliphatic carbocycles. The number of aromatic nitrogens is 3. The Morgan fingerprint density at radius 2 is 2.00 bits per heavy atom. The van der Waals surface area contributed by atoms with Crippen LogP contribution in [0.3, 0.4) is 0 Å². The molecule has 0 saturated heterocycles. The molecule has 5 nitrogen and oxygen atoms in total. The molecule has 134 valence electrons. The van der Waals surface area contributed by atoms with E-state index in [1.54, 1.807) is 6.07 Å². The fourth-order valence-corrected chi connectivity index (χ4v) is 3.52. The third-order valence-corrected chi connectivity index (χ3v) is 4.96. The zero-order chi connectivity index (χ0) is 18.0. The summed E-state index contributed by atoms with van der Waals surface area (Å²) in [6.07, 6.45) is -2.23. The van der Waals surface area contributed by atoms with Gasteiger partial charge >= 0.3 is 6.18 Å². The average molecular weight is 370 g/mol. The van der Waals surface area contributed by atoms with Crippen molar-refractivity contribution in [2.24, 2.45) is 5.73 Å². The predicted molar refractivity (Wildman–Crippen MR) is 86.8 cm³/mol. The van der Waals surface area contributed by atoms with Crippen LogP contribution >= 0.6 is 11.8 Å². The van der Waals surface area contributed by atoms with E-state index in [1.165, 1.54) is 23.9 Å². The smallest absolute Gasteiger partial charge is 0.370 e. The number of rotatable bonds is 7. The van der Waals surface area contributed by atoms with Crippen molar-refractivity contribution in [1.29, 1.82) is 0 Å². The molecule has 3 rings (SSSR count). The van der Waals surface area contributed by atoms with Crippen LogP contribution in [0.25, 0.3) is 0 Å². The summed E-state index contributed by atoms with van der Waals surface area (Å²) in [5.41, 5.74) is 4.76. The molecule has 1 saturated carbocycles. The number of thioether (sulfide) groups is 1. The van der Waals surface area contributed by atoms with E-state index < -0.39 is 17.6 Å². The van der Waals surface area contributed by atoms with Crippen LogP contribution in [-0.4, -0.2) is 20.7 Å². The Balaban J connectivity index is 1.79. The first-order valence-electron chi connectivity index (χ1n) is 7.85. The van der Waals surface area contributed by atoms with Gasteiger partial charge < -0.3 is 10.3 Å². The topological polar surface area (TPSA) is 73.8 Å². The molecule has 1 amide bonds. The van der Waals surface area contributed by atoms with Crippen molar-refractivity contribution in [3.8, 4) is 0 Å². The molecule has 1 aromatic heterocycles. The zero-order valence-corrected chi connectivity index (χ0v) is 14.1. The van der Waals surface area contributed by atoms with Gasteiger partial charge in [0, 0.05) is 24.6 Å². The first kappa shape index (κ1) is 17.8. The van der Waals surface area contributed by atoms with E-state index in [0.29, 0.717) is 17.6 Å². The lowest BCUT2D eigenvalue weighted by Crippen LogP contribution is -2.15. The van der Waals surface area contributed by atoms with E-state index in [9.17, 15) is 18.0 Å². The summed E-state index contributed by atoms with van der Waals surface area (Å²) in [5, 5.41) is 8.78. The highest BCUT2D eigenvalue weighted by molar-refractivity contribution is 7.98. The van der Waals surface area contributed by atoms with E-state index in [2.05, 4.69) is 10.2 Å². The van der Waals surface area contributed by atoms with E-state index in [1.807, 2.05) is 4.57 Å². The third-order valence-electron chi connectivity index (χ3n) is 3.95. The van der Waals surface area contributed by atoms with Crippen LogP contribution in [0.15, 0.2) is 29.4 Å². The number of carbonyl (C=O) groups excluding carboxylic acids is 1. The zero-order valence-electron chi connectivity index (χ0n) is 13.3. The Kier molecular flexibility index (Phi) is 5.03. The molecule has 1 fully saturated rings. The van der Waals surface area contributed by atoms with Gasteiger partial charge in [0.15, 0.2) is 5.16 Å². The Morgan fingerprint density at radius 1 is 1.28 bits per heavy atom. The van der Waals surface area contributed by atoms with Crippen LogP contribution in [0.4, 0.5) is 13.2 Å². The Morgan fingerprint density at radius 3 is 2.64 bits per heavy atom. The number of amides is 1. The summed E-state index contributed by atoms with van der Waals surface area (Å²) in [6.45, 7) is 0.345. The number of benzene rings is 1. The molecular weight excluding hydrogens is 353 g/mol. The highest BCUT2D eigenvalue weighted by Gasteiger charge is 2.33. The van der Waals surface area contributed by atoms with Gasteiger partial charge in [0.2, 0.25) is 5.91 Å². The van der Waals surface area contributed by atoms with Gasteiger partial charge in [-0.25, -0.2) is 0 Å². The molecule has 9 heteroatoms. The normalized spacial score (nSPS) is 14.7. The quantitative estimate of drug-likeness (QED) is 0.759. The van der Waals surface area contributed by atoms with Crippen molar-refractivity contribution in [1.82, 2.24) is 14.8 Å². The van der Waals surface area contributed by atoms with Gasteiger partial charge in [-0.05, 0) is 24.5 Å². The molecule has 0 radical (unpaired) electrons. The molecule has 2 N–H and O–H groups in total. The lowest BCUT2D eigenvalue weighted by Gasteiger charge is -2.13. The summed E-state index contributed by atoms with van der Waals surface area (Å²) in [7, 11) is 0. The van der Waals surface area contributed by atoms with Crippen molar-refractivity contribution in [3.05, 3.63) is 41.2 Å². The summed E-state index contributed by atoms with van der Waals surface area (Å²) in [5.74, 6) is 0.786. The highest BCUT2D eigenvalue weighted by atomic mass is 32.2. The van der Waals surface area contributed by atoms with Crippen LogP contribution in [-0.2, 0) is 23.3 Å². The molecule has 0 spiro atoms. The lowest BCUT2D eigenvalue weighted by atomic mass is 10.1. The minimum absolute atomic E-state index is 0.120. The van der Waals surface area contributed by atoms with E-state index in [4.69, 9.17) is 5.73 Å². The van der Waals surface area contributed by atoms with Crippen LogP contribution in [0, 0.1) is 0 Å². The lowest BCUT2D eigenvalue weighted by molar-refractivity contribution is -0.138. The maximum Gasteiger partial charge on any atom is 0.416 e. The monoisotopic (exact) mass is 370 g/mol. The third kappa shape index (κ3) is 4.33. The Labute approximate surface area is 146 Å². The number of hydrogen-bond donors (Lipinski definition) is 1. The fourth-order valence-electron chi connectivity index (χ4n) is 2.55. The van der Waals surface area contributed by atoms with Crippen LogP contribution in [0.1, 0.15) is 42.1 Å². The van der Waals surface area contributed by atoms with Gasteiger partial charge in [-0.15, -0.1) is 10.2 Å². The number of hydrogen-bond acceptors (Lipinski definition) is 4. The SMILES string of the molecule is NC(=O)CCn1c(SCc2ccccc2C(F)(F)F)nnc1C1CC1. The summed E-state index contributed by atoms with van der Waals surface area (Å²) < 4.78 is 41.1. The maximum absolute atomic E-state index is 13.1. The van der Waals surface area contributed by atoms with Crippen molar-refractivity contribution in [3.63, 3.8) is 0 Å². The molecule has 0 unspecified atom stereocenters. The second-order valence-corrected chi connectivity index (χ2v) is 6.87. The Hall–Kier alpha value is -2.03. The number of halogens is 3. The summed E-state index contributed by atoms with van der Waals surface area (Å²) in [4.78, 5) is 11.1. The molecule has 1 aliphatic rings. The van der Waals surface area contributed by atoms with E-state index in [-0.39, 0.29) is 17.7 Å². The predicted octanol–water partition coefficient (Wildman–Crippen LogP) is 3.34. The van der Waals surface area contributed by atoms with Gasteiger partial charge in [0.05, 0.1) is 5.56 Å². The van der Waals surface area contributed by atoms with Gasteiger partial charge in [0.1, 0.15) is 5.82 Å². The standard InChI is InChI=1S/C16H17F3N4OS/c17-16(18,19)12-4-2-1-3-11(12)9-25-15-22-21-14(10-5-6-10)23(15)8-7-13(20)24/h1-4,10H,5-9H2,(H2,20,24). The molecule has 1 heterocycles. The molecule has 1 aromatic carbocycles.